The number of amidine groups is 1. The van der Waals surface area contributed by atoms with Crippen molar-refractivity contribution in [3.8, 4) is 0 Å². The first-order valence-corrected chi connectivity index (χ1v) is 9.43. The van der Waals surface area contributed by atoms with E-state index in [2.05, 4.69) is 25.8 Å². The summed E-state index contributed by atoms with van der Waals surface area (Å²) in [7, 11) is 0. The second-order valence-electron chi connectivity index (χ2n) is 6.61. The molecule has 28 heavy (non-hydrogen) atoms. The van der Waals surface area contributed by atoms with E-state index in [0.29, 0.717) is 35.8 Å². The number of carbonyl (C=O) groups excluding carboxylic acids is 1. The molecule has 2 aliphatic heterocycles. The number of nitrogens with one attached hydrogen (secondary N) is 4. The first-order valence-electron chi connectivity index (χ1n) is 9.43. The van der Waals surface area contributed by atoms with Gasteiger partial charge in [0.15, 0.2) is 0 Å². The van der Waals surface area contributed by atoms with Gasteiger partial charge in [-0.05, 0) is 25.1 Å². The number of pyridine rings is 1. The monoisotopic (exact) mass is 385 g/mol. The number of rotatable bonds is 7. The Bertz CT molecular complexity index is 755. The third kappa shape index (κ3) is 5.30. The van der Waals surface area contributed by atoms with E-state index in [1.54, 1.807) is 24.5 Å². The molecule has 0 atom stereocenters. The van der Waals surface area contributed by atoms with Crippen LogP contribution in [-0.4, -0.2) is 67.6 Å². The van der Waals surface area contributed by atoms with E-state index >= 15 is 0 Å². The van der Waals surface area contributed by atoms with Crippen LogP contribution in [0.5, 0.6) is 0 Å². The Labute approximate surface area is 164 Å². The fraction of sp³-hybridized carbons (Fsp3) is 0.421. The lowest BCUT2D eigenvalue weighted by Crippen LogP contribution is -2.40. The van der Waals surface area contributed by atoms with Crippen molar-refractivity contribution in [3.05, 3.63) is 47.7 Å². The van der Waals surface area contributed by atoms with Crippen LogP contribution < -0.4 is 21.7 Å². The summed E-state index contributed by atoms with van der Waals surface area (Å²) in [5.41, 5.74) is 7.39. The Balaban J connectivity index is 1.52. The second-order valence-corrected chi connectivity index (χ2v) is 6.61. The maximum Gasteiger partial charge on any atom is 0.250 e. The minimum Gasteiger partial charge on any atom is -0.384 e. The van der Waals surface area contributed by atoms with Gasteiger partial charge in [0, 0.05) is 38.6 Å². The molecule has 0 radical (unpaired) electrons. The third-order valence-corrected chi connectivity index (χ3v) is 4.62. The number of hydrogen-bond donors (Lipinski definition) is 5. The lowest BCUT2D eigenvalue weighted by atomic mass is 10.1. The van der Waals surface area contributed by atoms with Crippen LogP contribution >= 0.6 is 0 Å². The minimum atomic E-state index is -0.108. The maximum atomic E-state index is 12.3. The van der Waals surface area contributed by atoms with Crippen LogP contribution in [0.4, 0.5) is 0 Å². The standard InChI is InChI=1S/C19H27N7O2/c20-17(21)16(15-4-1-2-5-22-15)18-24-12-14(13-25-18)19(27)23-6-3-7-26-8-10-28-11-9-26/h1-2,4-5,12,24-25H,3,6-11,13H2,(H3,20,21)(H,23,27)/b18-16+. The fourth-order valence-corrected chi connectivity index (χ4v) is 3.11. The van der Waals surface area contributed by atoms with E-state index in [1.165, 1.54) is 0 Å². The van der Waals surface area contributed by atoms with E-state index in [0.717, 1.165) is 39.3 Å². The number of morpholine rings is 1. The Kier molecular flexibility index (Phi) is 6.99. The molecule has 3 rings (SSSR count). The molecule has 1 amide bonds. The number of nitrogens with zero attached hydrogens (tertiary/aromatic N) is 2. The van der Waals surface area contributed by atoms with Gasteiger partial charge in [-0.3, -0.25) is 20.1 Å². The van der Waals surface area contributed by atoms with Gasteiger partial charge in [-0.1, -0.05) is 6.07 Å². The van der Waals surface area contributed by atoms with Gasteiger partial charge < -0.3 is 26.4 Å². The molecule has 3 heterocycles. The highest BCUT2D eigenvalue weighted by Crippen LogP contribution is 2.15. The average Bonchev–Trinajstić information content (AvgIpc) is 2.73. The van der Waals surface area contributed by atoms with Crippen LogP contribution in [-0.2, 0) is 9.53 Å². The molecule has 0 aromatic carbocycles. The van der Waals surface area contributed by atoms with Gasteiger partial charge in [0.2, 0.25) is 5.91 Å². The van der Waals surface area contributed by atoms with Crippen molar-refractivity contribution in [3.63, 3.8) is 0 Å². The molecule has 0 unspecified atom stereocenters. The van der Waals surface area contributed by atoms with Crippen LogP contribution in [0.25, 0.3) is 5.57 Å². The van der Waals surface area contributed by atoms with Crippen molar-refractivity contribution >= 4 is 17.3 Å². The van der Waals surface area contributed by atoms with Crippen molar-refractivity contribution in [1.82, 2.24) is 25.8 Å². The Morgan fingerprint density at radius 1 is 1.36 bits per heavy atom. The Morgan fingerprint density at radius 3 is 2.82 bits per heavy atom. The molecule has 2 aliphatic rings. The topological polar surface area (TPSA) is 128 Å². The second kappa shape index (κ2) is 9.86. The van der Waals surface area contributed by atoms with Gasteiger partial charge in [0.1, 0.15) is 11.7 Å². The van der Waals surface area contributed by atoms with Gasteiger partial charge in [0.05, 0.1) is 30.1 Å². The van der Waals surface area contributed by atoms with Gasteiger partial charge >= 0.3 is 0 Å². The van der Waals surface area contributed by atoms with Crippen LogP contribution in [0.1, 0.15) is 12.1 Å². The molecular formula is C19H27N7O2. The highest BCUT2D eigenvalue weighted by Gasteiger charge is 2.19. The molecule has 6 N–H and O–H groups in total. The van der Waals surface area contributed by atoms with Crippen LogP contribution in [0.3, 0.4) is 0 Å². The molecule has 0 saturated carbocycles. The number of hydrogen-bond acceptors (Lipinski definition) is 7. The minimum absolute atomic E-state index is 0.0990. The summed E-state index contributed by atoms with van der Waals surface area (Å²) in [5.74, 6) is 0.358. The highest BCUT2D eigenvalue weighted by atomic mass is 16.5. The van der Waals surface area contributed by atoms with E-state index in [9.17, 15) is 4.79 Å². The zero-order valence-corrected chi connectivity index (χ0v) is 15.8. The number of carbonyl (C=O) groups is 1. The summed E-state index contributed by atoms with van der Waals surface area (Å²) < 4.78 is 5.33. The maximum absolute atomic E-state index is 12.3. The van der Waals surface area contributed by atoms with E-state index in [1.807, 2.05) is 6.07 Å². The SMILES string of the molecule is N=C(N)/C(=C1\NC=C(C(=O)NCCCN2CCOCC2)CN1)c1ccccn1. The molecule has 150 valence electrons. The number of aromatic nitrogens is 1. The molecule has 1 aromatic rings. The summed E-state index contributed by atoms with van der Waals surface area (Å²) in [5, 5.41) is 17.0. The molecule has 1 fully saturated rings. The van der Waals surface area contributed by atoms with Crippen LogP contribution in [0.15, 0.2) is 42.0 Å². The molecular weight excluding hydrogens is 358 g/mol. The molecule has 1 aromatic heterocycles. The molecule has 9 nitrogen and oxygen atoms in total. The zero-order chi connectivity index (χ0) is 19.8. The summed E-state index contributed by atoms with van der Waals surface area (Å²) in [6.45, 7) is 5.41. The van der Waals surface area contributed by atoms with Crippen molar-refractivity contribution in [1.29, 1.82) is 5.41 Å². The number of amides is 1. The largest absolute Gasteiger partial charge is 0.384 e. The van der Waals surface area contributed by atoms with Gasteiger partial charge in [-0.2, -0.15) is 0 Å². The molecule has 0 aliphatic carbocycles. The van der Waals surface area contributed by atoms with E-state index in [-0.39, 0.29) is 11.7 Å². The zero-order valence-electron chi connectivity index (χ0n) is 15.8. The molecule has 0 spiro atoms. The predicted molar refractivity (Wildman–Crippen MR) is 107 cm³/mol. The predicted octanol–water partition coefficient (Wildman–Crippen LogP) is -0.399. The van der Waals surface area contributed by atoms with E-state index < -0.39 is 0 Å². The average molecular weight is 385 g/mol. The van der Waals surface area contributed by atoms with Crippen molar-refractivity contribution < 1.29 is 9.53 Å². The Morgan fingerprint density at radius 2 is 2.18 bits per heavy atom. The molecule has 0 bridgehead atoms. The third-order valence-electron chi connectivity index (χ3n) is 4.62. The fourth-order valence-electron chi connectivity index (χ4n) is 3.11. The lowest BCUT2D eigenvalue weighted by Gasteiger charge is -2.26. The van der Waals surface area contributed by atoms with Gasteiger partial charge in [-0.15, -0.1) is 0 Å². The summed E-state index contributed by atoms with van der Waals surface area (Å²) >= 11 is 0. The Hall–Kier alpha value is -2.91. The summed E-state index contributed by atoms with van der Waals surface area (Å²) in [6.07, 6.45) is 4.20. The normalized spacial score (nSPS) is 19.1. The first-order chi connectivity index (χ1) is 13.6. The van der Waals surface area contributed by atoms with Crippen molar-refractivity contribution in [2.45, 2.75) is 6.42 Å². The molecule has 1 saturated heterocycles. The van der Waals surface area contributed by atoms with Crippen LogP contribution in [0.2, 0.25) is 0 Å². The lowest BCUT2D eigenvalue weighted by molar-refractivity contribution is -0.117. The van der Waals surface area contributed by atoms with Crippen molar-refractivity contribution in [2.24, 2.45) is 5.73 Å². The smallest absolute Gasteiger partial charge is 0.250 e. The number of ether oxygens (including phenoxy) is 1. The van der Waals surface area contributed by atoms with Crippen LogP contribution in [0, 0.1) is 5.41 Å². The van der Waals surface area contributed by atoms with Gasteiger partial charge in [0.25, 0.3) is 0 Å². The summed E-state index contributed by atoms with van der Waals surface area (Å²) in [6, 6.07) is 5.42. The first kappa shape index (κ1) is 19.8. The van der Waals surface area contributed by atoms with Gasteiger partial charge in [-0.25, -0.2) is 0 Å². The highest BCUT2D eigenvalue weighted by molar-refractivity contribution is 6.20. The number of nitrogens with two attached hydrogens (primary N) is 1. The summed E-state index contributed by atoms with van der Waals surface area (Å²) in [4.78, 5) is 18.9. The quantitative estimate of drug-likeness (QED) is 0.245. The van der Waals surface area contributed by atoms with Crippen molar-refractivity contribution in [2.75, 3.05) is 45.9 Å². The molecule has 9 heteroatoms. The van der Waals surface area contributed by atoms with E-state index in [4.69, 9.17) is 15.9 Å².